The fraction of sp³-hybridized carbons (Fsp3) is 0.500. The Labute approximate surface area is 41.9 Å². The lowest BCUT2D eigenvalue weighted by molar-refractivity contribution is 0.640. The standard InChI is InChI=1S/C4H6N2O/c1-3-4(2,5)6-7/h1H,5H2,2H3. The molecule has 0 aromatic rings. The highest BCUT2D eigenvalue weighted by Crippen LogP contribution is 1.94. The Balaban J connectivity index is 3.91. The lowest BCUT2D eigenvalue weighted by Gasteiger charge is -2.01. The summed E-state index contributed by atoms with van der Waals surface area (Å²) in [5, 5.41) is 2.43. The summed E-state index contributed by atoms with van der Waals surface area (Å²) < 4.78 is 0. The Morgan fingerprint density at radius 2 is 2.43 bits per heavy atom. The normalized spacial score (nSPS) is 16.7. The van der Waals surface area contributed by atoms with Crippen molar-refractivity contribution < 1.29 is 0 Å². The molecule has 7 heavy (non-hydrogen) atoms. The summed E-state index contributed by atoms with van der Waals surface area (Å²) in [4.78, 5) is 9.54. The summed E-state index contributed by atoms with van der Waals surface area (Å²) in [6, 6.07) is 0. The van der Waals surface area contributed by atoms with Crippen LogP contribution in [-0.4, -0.2) is 5.66 Å². The molecule has 1 atom stereocenters. The lowest BCUT2D eigenvalue weighted by atomic mass is 10.3. The molecule has 38 valence electrons. The van der Waals surface area contributed by atoms with Crippen LogP contribution < -0.4 is 5.73 Å². The minimum absolute atomic E-state index is 1.32. The topological polar surface area (TPSA) is 55.4 Å². The van der Waals surface area contributed by atoms with Gasteiger partial charge in [0, 0.05) is 0 Å². The fourth-order valence-electron chi connectivity index (χ4n) is 0.0264. The monoisotopic (exact) mass is 98.0 g/mol. The molecule has 0 bridgehead atoms. The maximum Gasteiger partial charge on any atom is 0.208 e. The minimum atomic E-state index is -1.32. The Morgan fingerprint density at radius 1 is 2.00 bits per heavy atom. The van der Waals surface area contributed by atoms with Crippen molar-refractivity contribution in [1.29, 1.82) is 0 Å². The Morgan fingerprint density at radius 3 is 2.43 bits per heavy atom. The first-order chi connectivity index (χ1) is 3.12. The zero-order valence-electron chi connectivity index (χ0n) is 4.01. The second-order valence-electron chi connectivity index (χ2n) is 1.38. The van der Waals surface area contributed by atoms with Gasteiger partial charge in [0.15, 0.2) is 0 Å². The molecule has 3 nitrogen and oxygen atoms in total. The molecule has 0 aliphatic heterocycles. The molecule has 2 N–H and O–H groups in total. The van der Waals surface area contributed by atoms with Gasteiger partial charge in [0.2, 0.25) is 5.66 Å². The van der Waals surface area contributed by atoms with Gasteiger partial charge in [-0.3, -0.25) is 5.73 Å². The molecule has 0 rings (SSSR count). The quantitative estimate of drug-likeness (QED) is 0.372. The highest BCUT2D eigenvalue weighted by molar-refractivity contribution is 5.05. The molecule has 0 fully saturated rings. The predicted octanol–water partition coefficient (Wildman–Crippen LogP) is 0.0609. The number of nitrogens with zero attached hydrogens (tertiary/aromatic N) is 1. The highest BCUT2D eigenvalue weighted by Gasteiger charge is 2.11. The highest BCUT2D eigenvalue weighted by atomic mass is 16.3. The second kappa shape index (κ2) is 1.71. The smallest absolute Gasteiger partial charge is 0.208 e. The molecular weight excluding hydrogens is 92.1 g/mol. The van der Waals surface area contributed by atoms with E-state index in [1.54, 1.807) is 0 Å². The molecule has 0 aromatic carbocycles. The predicted molar refractivity (Wildman–Crippen MR) is 27.2 cm³/mol. The van der Waals surface area contributed by atoms with E-state index in [9.17, 15) is 4.91 Å². The van der Waals surface area contributed by atoms with Crippen molar-refractivity contribution in [3.8, 4) is 12.3 Å². The molecule has 0 saturated heterocycles. The lowest BCUT2D eigenvalue weighted by Crippen LogP contribution is -2.30. The molecule has 0 amide bonds. The number of terminal acetylenes is 1. The van der Waals surface area contributed by atoms with Crippen LogP contribution in [0.4, 0.5) is 0 Å². The van der Waals surface area contributed by atoms with Crippen LogP contribution in [0.15, 0.2) is 5.18 Å². The number of nitrogens with two attached hydrogens (primary N) is 1. The van der Waals surface area contributed by atoms with E-state index < -0.39 is 5.66 Å². The zero-order valence-corrected chi connectivity index (χ0v) is 4.01. The maximum atomic E-state index is 9.54. The van der Waals surface area contributed by atoms with Gasteiger partial charge in [-0.15, -0.1) is 11.3 Å². The van der Waals surface area contributed by atoms with Crippen LogP contribution >= 0.6 is 0 Å². The zero-order chi connectivity index (χ0) is 5.91. The first kappa shape index (κ1) is 6.12. The van der Waals surface area contributed by atoms with Crippen LogP contribution in [0.1, 0.15) is 6.92 Å². The second-order valence-corrected chi connectivity index (χ2v) is 1.38. The van der Waals surface area contributed by atoms with Crippen LogP contribution in [-0.2, 0) is 0 Å². The van der Waals surface area contributed by atoms with Gasteiger partial charge >= 0.3 is 0 Å². The first-order valence-electron chi connectivity index (χ1n) is 1.73. The molecule has 0 aliphatic rings. The van der Waals surface area contributed by atoms with Gasteiger partial charge in [-0.25, -0.2) is 0 Å². The van der Waals surface area contributed by atoms with Gasteiger partial charge < -0.3 is 0 Å². The van der Waals surface area contributed by atoms with Gasteiger partial charge in [0.1, 0.15) is 0 Å². The fourth-order valence-corrected chi connectivity index (χ4v) is 0.0264. The molecule has 0 aromatic heterocycles. The van der Waals surface area contributed by atoms with E-state index in [1.807, 2.05) is 5.92 Å². The van der Waals surface area contributed by atoms with Gasteiger partial charge in [0.05, 0.1) is 0 Å². The summed E-state index contributed by atoms with van der Waals surface area (Å²) in [5.41, 5.74) is 3.68. The molecule has 0 spiro atoms. The van der Waals surface area contributed by atoms with Crippen molar-refractivity contribution in [2.75, 3.05) is 0 Å². The van der Waals surface area contributed by atoms with E-state index in [1.165, 1.54) is 6.92 Å². The van der Waals surface area contributed by atoms with Crippen molar-refractivity contribution in [3.63, 3.8) is 0 Å². The third-order valence-corrected chi connectivity index (χ3v) is 0.482. The molecule has 0 heterocycles. The van der Waals surface area contributed by atoms with E-state index >= 15 is 0 Å². The van der Waals surface area contributed by atoms with Gasteiger partial charge in [0.25, 0.3) is 0 Å². The molecule has 1 unspecified atom stereocenters. The maximum absolute atomic E-state index is 9.54. The van der Waals surface area contributed by atoms with Gasteiger partial charge in [-0.1, -0.05) is 5.92 Å². The van der Waals surface area contributed by atoms with Crippen LogP contribution in [0, 0.1) is 17.3 Å². The van der Waals surface area contributed by atoms with E-state index in [-0.39, 0.29) is 0 Å². The molecule has 0 aliphatic carbocycles. The van der Waals surface area contributed by atoms with E-state index in [0.717, 1.165) is 0 Å². The summed E-state index contributed by atoms with van der Waals surface area (Å²) in [7, 11) is 0. The third kappa shape index (κ3) is 1.90. The summed E-state index contributed by atoms with van der Waals surface area (Å²) in [6.07, 6.45) is 4.75. The molecule has 0 radical (unpaired) electrons. The van der Waals surface area contributed by atoms with Crippen molar-refractivity contribution in [2.24, 2.45) is 10.9 Å². The number of nitroso groups, excluding NO2 is 1. The van der Waals surface area contributed by atoms with Crippen molar-refractivity contribution in [2.45, 2.75) is 12.6 Å². The Hall–Kier alpha value is -0.880. The third-order valence-electron chi connectivity index (χ3n) is 0.482. The van der Waals surface area contributed by atoms with Crippen LogP contribution in [0.3, 0.4) is 0 Å². The molecule has 3 heteroatoms. The summed E-state index contributed by atoms with van der Waals surface area (Å²) in [5.74, 6) is 1.99. The minimum Gasteiger partial charge on any atom is -0.294 e. The summed E-state index contributed by atoms with van der Waals surface area (Å²) >= 11 is 0. The Bertz CT molecular complexity index is 111. The number of rotatable bonds is 1. The number of hydrogen-bond acceptors (Lipinski definition) is 3. The van der Waals surface area contributed by atoms with Crippen LogP contribution in [0.2, 0.25) is 0 Å². The molecule has 0 saturated carbocycles. The van der Waals surface area contributed by atoms with Gasteiger partial charge in [-0.05, 0) is 12.1 Å². The molecular formula is C4H6N2O. The van der Waals surface area contributed by atoms with Gasteiger partial charge in [-0.2, -0.15) is 0 Å². The van der Waals surface area contributed by atoms with Crippen LogP contribution in [0.25, 0.3) is 0 Å². The van der Waals surface area contributed by atoms with E-state index in [2.05, 4.69) is 5.18 Å². The first-order valence-corrected chi connectivity index (χ1v) is 1.73. The number of hydrogen-bond donors (Lipinski definition) is 1. The average molecular weight is 98.1 g/mol. The van der Waals surface area contributed by atoms with Crippen molar-refractivity contribution >= 4 is 0 Å². The van der Waals surface area contributed by atoms with Crippen molar-refractivity contribution in [3.05, 3.63) is 4.91 Å². The van der Waals surface area contributed by atoms with Crippen molar-refractivity contribution in [1.82, 2.24) is 0 Å². The SMILES string of the molecule is C#CC(C)(N)N=O. The van der Waals surface area contributed by atoms with E-state index in [0.29, 0.717) is 0 Å². The Kier molecular flexibility index (Phi) is 1.50. The summed E-state index contributed by atoms with van der Waals surface area (Å²) in [6.45, 7) is 1.36. The largest absolute Gasteiger partial charge is 0.294 e. The van der Waals surface area contributed by atoms with Crippen LogP contribution in [0.5, 0.6) is 0 Å². The van der Waals surface area contributed by atoms with E-state index in [4.69, 9.17) is 12.2 Å². The average Bonchev–Trinajstić information content (AvgIpc) is 1.68.